The average molecular weight is 263 g/mol. The van der Waals surface area contributed by atoms with Crippen LogP contribution in [0.3, 0.4) is 0 Å². The largest absolute Gasteiger partial charge is 0.384 e. The topological polar surface area (TPSA) is 23.5 Å². The van der Waals surface area contributed by atoms with Crippen LogP contribution in [0.4, 0.5) is 0 Å². The molecule has 0 bridgehead atoms. The third-order valence-corrected chi connectivity index (χ3v) is 4.16. The van der Waals surface area contributed by atoms with E-state index in [1.807, 2.05) is 0 Å². The predicted molar refractivity (Wildman–Crippen MR) is 76.6 cm³/mol. The summed E-state index contributed by atoms with van der Waals surface area (Å²) < 4.78 is 0. The second-order valence-corrected chi connectivity index (χ2v) is 5.95. The Labute approximate surface area is 114 Å². The van der Waals surface area contributed by atoms with E-state index >= 15 is 0 Å². The van der Waals surface area contributed by atoms with Crippen molar-refractivity contribution in [1.82, 2.24) is 4.90 Å². The van der Waals surface area contributed by atoms with Gasteiger partial charge in [-0.1, -0.05) is 25.2 Å². The van der Waals surface area contributed by atoms with E-state index in [4.69, 9.17) is 5.11 Å². The summed E-state index contributed by atoms with van der Waals surface area (Å²) in [6.45, 7) is 4.48. The molecule has 98 valence electrons. The van der Waals surface area contributed by atoms with Crippen molar-refractivity contribution in [2.75, 3.05) is 13.2 Å². The Bertz CT molecular complexity index is 425. The van der Waals surface area contributed by atoms with Gasteiger partial charge in [0.25, 0.3) is 0 Å². The van der Waals surface area contributed by atoms with Gasteiger partial charge in [0.1, 0.15) is 6.61 Å². The van der Waals surface area contributed by atoms with Gasteiger partial charge < -0.3 is 5.11 Å². The van der Waals surface area contributed by atoms with Gasteiger partial charge in [-0.2, -0.15) is 0 Å². The molecule has 1 saturated carbocycles. The third-order valence-electron chi connectivity index (χ3n) is 3.17. The Morgan fingerprint density at radius 3 is 2.94 bits per heavy atom. The minimum Gasteiger partial charge on any atom is -0.384 e. The molecule has 18 heavy (non-hydrogen) atoms. The maximum Gasteiger partial charge on any atom is 0.104 e. The quantitative estimate of drug-likeness (QED) is 0.798. The minimum atomic E-state index is -0.0576. The molecule has 1 fully saturated rings. The van der Waals surface area contributed by atoms with E-state index in [9.17, 15) is 0 Å². The normalized spacial score (nSPS) is 14.6. The fourth-order valence-corrected chi connectivity index (χ4v) is 2.96. The van der Waals surface area contributed by atoms with E-state index in [-0.39, 0.29) is 6.61 Å². The smallest absolute Gasteiger partial charge is 0.104 e. The highest BCUT2D eigenvalue weighted by atomic mass is 32.1. The summed E-state index contributed by atoms with van der Waals surface area (Å²) in [6.07, 6.45) is 5.29. The first-order valence-electron chi connectivity index (χ1n) is 6.76. The fourth-order valence-electron chi connectivity index (χ4n) is 2.05. The zero-order valence-electron chi connectivity index (χ0n) is 11.0. The maximum absolute atomic E-state index is 8.68. The van der Waals surface area contributed by atoms with Crippen molar-refractivity contribution >= 4 is 11.3 Å². The van der Waals surface area contributed by atoms with Gasteiger partial charge in [0.15, 0.2) is 0 Å². The molecule has 0 radical (unpaired) electrons. The highest BCUT2D eigenvalue weighted by molar-refractivity contribution is 7.12. The van der Waals surface area contributed by atoms with Crippen LogP contribution in [-0.2, 0) is 6.54 Å². The molecule has 1 aromatic heterocycles. The van der Waals surface area contributed by atoms with Gasteiger partial charge in [-0.25, -0.2) is 0 Å². The molecule has 0 amide bonds. The summed E-state index contributed by atoms with van der Waals surface area (Å²) in [6, 6.07) is 5.06. The van der Waals surface area contributed by atoms with Crippen LogP contribution in [0.5, 0.6) is 0 Å². The standard InChI is InChI=1S/C15H21NOS/c1-2-3-10-16(13-6-7-13)12-15-9-8-14(18-15)5-4-11-17/h8-9,13,17H,2-3,6-7,10-12H2,1H3. The van der Waals surface area contributed by atoms with Crippen molar-refractivity contribution in [1.29, 1.82) is 0 Å². The van der Waals surface area contributed by atoms with Crippen molar-refractivity contribution in [3.8, 4) is 11.8 Å². The van der Waals surface area contributed by atoms with Crippen LogP contribution < -0.4 is 0 Å². The molecule has 0 aliphatic heterocycles. The summed E-state index contributed by atoms with van der Waals surface area (Å²) in [7, 11) is 0. The Balaban J connectivity index is 1.91. The molecule has 0 aromatic carbocycles. The number of unbranched alkanes of at least 4 members (excludes halogenated alkanes) is 1. The molecule has 0 unspecified atom stereocenters. The van der Waals surface area contributed by atoms with Gasteiger partial charge in [0.2, 0.25) is 0 Å². The molecule has 3 heteroatoms. The summed E-state index contributed by atoms with van der Waals surface area (Å²) in [5, 5.41) is 8.68. The van der Waals surface area contributed by atoms with Gasteiger partial charge in [0.05, 0.1) is 4.88 Å². The zero-order valence-corrected chi connectivity index (χ0v) is 11.8. The van der Waals surface area contributed by atoms with E-state index in [0.717, 1.165) is 17.5 Å². The molecule has 2 nitrogen and oxygen atoms in total. The van der Waals surface area contributed by atoms with Crippen molar-refractivity contribution in [2.24, 2.45) is 0 Å². The van der Waals surface area contributed by atoms with Crippen LogP contribution in [0.15, 0.2) is 12.1 Å². The van der Waals surface area contributed by atoms with Crippen LogP contribution in [-0.4, -0.2) is 29.2 Å². The minimum absolute atomic E-state index is 0.0576. The molecule has 1 aromatic rings. The number of aliphatic hydroxyl groups excluding tert-OH is 1. The van der Waals surface area contributed by atoms with Crippen LogP contribution in [0.25, 0.3) is 0 Å². The second kappa shape index (κ2) is 6.94. The number of thiophene rings is 1. The predicted octanol–water partition coefficient (Wildman–Crippen LogP) is 2.86. The van der Waals surface area contributed by atoms with Crippen LogP contribution in [0.1, 0.15) is 42.4 Å². The number of aliphatic hydroxyl groups is 1. The van der Waals surface area contributed by atoms with Gasteiger partial charge in [-0.05, 0) is 37.9 Å². The Morgan fingerprint density at radius 1 is 1.44 bits per heavy atom. The van der Waals surface area contributed by atoms with Gasteiger partial charge in [-0.3, -0.25) is 4.90 Å². The first-order chi connectivity index (χ1) is 8.83. The summed E-state index contributed by atoms with van der Waals surface area (Å²) in [5.41, 5.74) is 0. The monoisotopic (exact) mass is 263 g/mol. The molecule has 2 rings (SSSR count). The Kier molecular flexibility index (Phi) is 5.25. The highest BCUT2D eigenvalue weighted by Crippen LogP contribution is 2.29. The second-order valence-electron chi connectivity index (χ2n) is 4.78. The summed E-state index contributed by atoms with van der Waals surface area (Å²) in [4.78, 5) is 5.06. The van der Waals surface area contributed by atoms with E-state index in [1.165, 1.54) is 37.1 Å². The Hall–Kier alpha value is -0.820. The number of nitrogens with zero attached hydrogens (tertiary/aromatic N) is 1. The van der Waals surface area contributed by atoms with Crippen molar-refractivity contribution in [3.63, 3.8) is 0 Å². The van der Waals surface area contributed by atoms with Gasteiger partial charge in [0, 0.05) is 17.5 Å². The molecular weight excluding hydrogens is 242 g/mol. The first kappa shape index (κ1) is 13.6. The number of hydrogen-bond acceptors (Lipinski definition) is 3. The van der Waals surface area contributed by atoms with E-state index in [1.54, 1.807) is 11.3 Å². The van der Waals surface area contributed by atoms with Gasteiger partial charge in [-0.15, -0.1) is 11.3 Å². The lowest BCUT2D eigenvalue weighted by Crippen LogP contribution is -2.26. The van der Waals surface area contributed by atoms with Crippen LogP contribution >= 0.6 is 11.3 Å². The zero-order chi connectivity index (χ0) is 12.8. The molecule has 1 aliphatic rings. The van der Waals surface area contributed by atoms with E-state index < -0.39 is 0 Å². The van der Waals surface area contributed by atoms with E-state index in [2.05, 4.69) is 35.8 Å². The van der Waals surface area contributed by atoms with E-state index in [0.29, 0.717) is 0 Å². The van der Waals surface area contributed by atoms with Crippen molar-refractivity contribution in [3.05, 3.63) is 21.9 Å². The molecule has 1 aliphatic carbocycles. The molecule has 0 spiro atoms. The van der Waals surface area contributed by atoms with Crippen molar-refractivity contribution < 1.29 is 5.11 Å². The van der Waals surface area contributed by atoms with Crippen LogP contribution in [0, 0.1) is 11.8 Å². The molecule has 1 heterocycles. The number of rotatable bonds is 6. The molecular formula is C15H21NOS. The number of hydrogen-bond donors (Lipinski definition) is 1. The lowest BCUT2D eigenvalue weighted by molar-refractivity contribution is 0.253. The lowest BCUT2D eigenvalue weighted by atomic mass is 10.3. The molecule has 0 saturated heterocycles. The van der Waals surface area contributed by atoms with Crippen molar-refractivity contribution in [2.45, 2.75) is 45.2 Å². The first-order valence-corrected chi connectivity index (χ1v) is 7.57. The molecule has 1 N–H and O–H groups in total. The summed E-state index contributed by atoms with van der Waals surface area (Å²) >= 11 is 1.75. The Morgan fingerprint density at radius 2 is 2.28 bits per heavy atom. The fraction of sp³-hybridized carbons (Fsp3) is 0.600. The SMILES string of the molecule is CCCCN(Cc1ccc(C#CCO)s1)C1CC1. The maximum atomic E-state index is 8.68. The molecule has 0 atom stereocenters. The summed E-state index contributed by atoms with van der Waals surface area (Å²) in [5.74, 6) is 5.68. The highest BCUT2D eigenvalue weighted by Gasteiger charge is 2.28. The van der Waals surface area contributed by atoms with Gasteiger partial charge >= 0.3 is 0 Å². The average Bonchev–Trinajstić information content (AvgIpc) is 3.13. The van der Waals surface area contributed by atoms with Crippen LogP contribution in [0.2, 0.25) is 0 Å². The lowest BCUT2D eigenvalue weighted by Gasteiger charge is -2.20. The third kappa shape index (κ3) is 4.13.